The second-order valence-electron chi connectivity index (χ2n) is 23.6. The minimum atomic E-state index is -5.08. The van der Waals surface area contributed by atoms with Gasteiger partial charge in [0, 0.05) is 42.3 Å². The molecular formula is C62H71FN9O14PS. The number of carbonyl (C=O) groups is 8. The highest BCUT2D eigenvalue weighted by Gasteiger charge is 2.47. The first kappa shape index (κ1) is 64.1. The molecule has 1 saturated heterocycles. The Morgan fingerprint density at radius 2 is 1.66 bits per heavy atom. The minimum absolute atomic E-state index is 0.00159. The predicted octanol–water partition coefficient (Wildman–Crippen LogP) is 6.19. The number of aryl methyl sites for hydroxylation is 3. The summed E-state index contributed by atoms with van der Waals surface area (Å²) >= 11 is 1.54. The monoisotopic (exact) mass is 1250 g/mol. The summed E-state index contributed by atoms with van der Waals surface area (Å²) in [6.45, 7) is 8.56. The molecule has 0 unspecified atom stereocenters. The normalized spacial score (nSPS) is 18.4. The second-order valence-corrected chi connectivity index (χ2v) is 25.9. The van der Waals surface area contributed by atoms with Crippen molar-refractivity contribution in [1.82, 2.24) is 36.1 Å². The Hall–Kier alpha value is -8.35. The van der Waals surface area contributed by atoms with Crippen LogP contribution in [0.1, 0.15) is 121 Å². The number of alkyl carbamates (subject to hydrolysis) is 1. The van der Waals surface area contributed by atoms with Crippen LogP contribution in [0.15, 0.2) is 90.4 Å². The number of halogens is 1. The molecule has 1 fully saturated rings. The lowest BCUT2D eigenvalue weighted by Gasteiger charge is -2.35. The number of ether oxygens (including phenoxy) is 2. The molecule has 7 amide bonds. The van der Waals surface area contributed by atoms with Crippen LogP contribution in [0.4, 0.5) is 14.9 Å². The average Bonchev–Trinajstić information content (AvgIpc) is 1.84. The number of aromatic amines is 1. The Balaban J connectivity index is 0.769. The van der Waals surface area contributed by atoms with Crippen molar-refractivity contribution in [3.05, 3.63) is 135 Å². The Kier molecular flexibility index (Phi) is 19.6. The minimum Gasteiger partial charge on any atom is -0.488 e. The Labute approximate surface area is 510 Å². The lowest BCUT2D eigenvalue weighted by Crippen LogP contribution is -2.58. The number of H-pyrrole nitrogens is 1. The number of amides is 7. The van der Waals surface area contributed by atoms with Crippen LogP contribution >= 0.6 is 18.9 Å². The molecule has 0 bridgehead atoms. The van der Waals surface area contributed by atoms with E-state index < -0.39 is 108 Å². The van der Waals surface area contributed by atoms with E-state index in [2.05, 4.69) is 31.2 Å². The summed E-state index contributed by atoms with van der Waals surface area (Å²) in [4.78, 5) is 138. The van der Waals surface area contributed by atoms with Crippen molar-refractivity contribution in [2.24, 2.45) is 11.1 Å². The lowest BCUT2D eigenvalue weighted by atomic mass is 9.85. The Morgan fingerprint density at radius 1 is 0.932 bits per heavy atom. The van der Waals surface area contributed by atoms with E-state index in [1.807, 2.05) is 50.2 Å². The summed E-state index contributed by atoms with van der Waals surface area (Å²) in [7, 11) is -5.08. The van der Waals surface area contributed by atoms with E-state index in [1.165, 1.54) is 51.5 Å². The molecule has 10 N–H and O–H groups in total. The Morgan fingerprint density at radius 3 is 2.36 bits per heavy atom. The van der Waals surface area contributed by atoms with Crippen molar-refractivity contribution in [1.29, 1.82) is 0 Å². The molecule has 2 aromatic heterocycles. The van der Waals surface area contributed by atoms with E-state index in [-0.39, 0.29) is 80.9 Å². The van der Waals surface area contributed by atoms with Crippen molar-refractivity contribution in [2.45, 2.75) is 135 Å². The summed E-state index contributed by atoms with van der Waals surface area (Å²) in [6, 6.07) is 17.4. The number of β-amino-alcohol motifs (C(OH)–C–C–N with tert-alkyl or cyclic N) is 1. The fourth-order valence-corrected chi connectivity index (χ4v) is 12.7. The van der Waals surface area contributed by atoms with E-state index in [0.29, 0.717) is 35.9 Å². The topological polar surface area (TPSA) is 342 Å². The van der Waals surface area contributed by atoms with Gasteiger partial charge in [-0.1, -0.05) is 75.4 Å². The molecule has 466 valence electrons. The highest BCUT2D eigenvalue weighted by molar-refractivity contribution is 7.70. The maximum absolute atomic E-state index is 16.1. The SMILES string of the molecule is Cc1ncsc1-c1ccc([C@H](C)NC(=O)[C@@H]2C[C@@H](O)CN2C(=O)[C@@H](NC(=O)OCCCCc2cccc(OC[C@H](CCC(N)=O)NC(=O)[C@@H]3Cc4cccc5c4N3C(=O)[C@@H](NC(=O)c3cc4cc(C(=O)P(=O)(O)O)ccc4[nH]3)CC5)c2F)C(C)(C)C)cc1. The number of hydrogen-bond acceptors (Lipinski definition) is 14. The number of anilines is 1. The zero-order valence-corrected chi connectivity index (χ0v) is 50.9. The molecule has 7 atom stereocenters. The van der Waals surface area contributed by atoms with Gasteiger partial charge in [0.15, 0.2) is 11.6 Å². The number of carbonyl (C=O) groups excluding carboxylic acids is 8. The molecule has 23 nitrogen and oxygen atoms in total. The molecule has 9 rings (SSSR count). The standard InChI is InChI=1S/C62H71FN9O14PS/c1-33(35-15-17-38(18-16-35)53-34(2)65-32-88-53)66-56(76)47-29-43(73)30-71(47)59(79)54(62(3,4)5)70-61(81)85-25-7-6-10-36-11-9-14-49(51(36)63)86-31-42(21-24-50(64)74)67-57(77)48-28-39-13-8-12-37-19-23-45(58(78)72(48)52(37)39)69-55(75)46-27-41-26-40(20-22-44(41)68-46)60(80)87(82,83)84/h8-9,11-18,20,22,26-27,32-33,42-43,45,47-48,54,68,73H,6-7,10,19,21,23-25,28-31H2,1-5H3,(H2,64,74)(H,66,76)(H,67,77)(H,69,75)(H,70,81)(H2,82,83,84)/t33-,42-,43+,45-,47-,48-,54+/m0/s1. The van der Waals surface area contributed by atoms with Crippen molar-refractivity contribution in [3.63, 3.8) is 0 Å². The van der Waals surface area contributed by atoms with E-state index in [0.717, 1.165) is 32.8 Å². The number of aromatic nitrogens is 2. The lowest BCUT2D eigenvalue weighted by molar-refractivity contribution is -0.142. The first-order valence-electron chi connectivity index (χ1n) is 28.9. The zero-order chi connectivity index (χ0) is 63.4. The number of nitrogens with zero attached hydrogens (tertiary/aromatic N) is 3. The average molecular weight is 1250 g/mol. The van der Waals surface area contributed by atoms with Gasteiger partial charge < -0.3 is 61.3 Å². The van der Waals surface area contributed by atoms with Crippen LogP contribution in [-0.4, -0.2) is 133 Å². The molecule has 6 aromatic rings. The fourth-order valence-electron chi connectivity index (χ4n) is 11.4. The molecule has 4 aromatic carbocycles. The molecule has 0 aliphatic carbocycles. The highest BCUT2D eigenvalue weighted by atomic mass is 32.1. The fraction of sp³-hybridized carbons (Fsp3) is 0.403. The van der Waals surface area contributed by atoms with Gasteiger partial charge >= 0.3 is 13.7 Å². The summed E-state index contributed by atoms with van der Waals surface area (Å²) in [5.41, 5.74) is 10.3. The van der Waals surface area contributed by atoms with Gasteiger partial charge in [-0.15, -0.1) is 11.3 Å². The van der Waals surface area contributed by atoms with Crippen LogP contribution in [0.5, 0.6) is 5.75 Å². The van der Waals surface area contributed by atoms with Crippen LogP contribution in [0.3, 0.4) is 0 Å². The third kappa shape index (κ3) is 14.8. The number of fused-ring (bicyclic) bond motifs is 1. The third-order valence-corrected chi connectivity index (χ3v) is 17.8. The molecule has 0 spiro atoms. The zero-order valence-electron chi connectivity index (χ0n) is 49.2. The van der Waals surface area contributed by atoms with Gasteiger partial charge in [-0.2, -0.15) is 0 Å². The quantitative estimate of drug-likeness (QED) is 0.0255. The third-order valence-electron chi connectivity index (χ3n) is 16.1. The van der Waals surface area contributed by atoms with Crippen LogP contribution in [-0.2, 0) is 52.5 Å². The smallest absolute Gasteiger partial charge is 0.407 e. The number of likely N-dealkylation sites (tertiary alicyclic amines) is 1. The number of unbranched alkanes of at least 4 members (excludes halogenated alkanes) is 1. The molecule has 0 radical (unpaired) electrons. The van der Waals surface area contributed by atoms with E-state index in [4.69, 9.17) is 15.2 Å². The summed E-state index contributed by atoms with van der Waals surface area (Å²) < 4.78 is 39.2. The molecule has 5 heterocycles. The summed E-state index contributed by atoms with van der Waals surface area (Å²) in [6.07, 6.45) is -0.470. The number of hydrogen-bond donors (Lipinski definition) is 9. The number of benzene rings is 4. The molecule has 3 aliphatic rings. The maximum atomic E-state index is 16.1. The predicted molar refractivity (Wildman–Crippen MR) is 324 cm³/mol. The molecular weight excluding hydrogens is 1180 g/mol. The molecule has 0 saturated carbocycles. The molecule has 3 aliphatic heterocycles. The number of aliphatic hydroxyl groups excluding tert-OH is 1. The summed E-state index contributed by atoms with van der Waals surface area (Å²) in [5, 5.41) is 22.4. The van der Waals surface area contributed by atoms with Gasteiger partial charge in [-0.05, 0) is 116 Å². The largest absolute Gasteiger partial charge is 0.488 e. The van der Waals surface area contributed by atoms with Crippen molar-refractivity contribution < 1.29 is 71.7 Å². The van der Waals surface area contributed by atoms with Crippen LogP contribution in [0.2, 0.25) is 0 Å². The molecule has 26 heteroatoms. The van der Waals surface area contributed by atoms with Crippen LogP contribution in [0, 0.1) is 18.2 Å². The van der Waals surface area contributed by atoms with Gasteiger partial charge in [0.25, 0.3) is 11.4 Å². The van der Waals surface area contributed by atoms with E-state index in [9.17, 15) is 57.8 Å². The van der Waals surface area contributed by atoms with Crippen LogP contribution < -0.4 is 36.6 Å². The van der Waals surface area contributed by atoms with Crippen LogP contribution in [0.25, 0.3) is 21.3 Å². The van der Waals surface area contributed by atoms with Crippen molar-refractivity contribution in [2.75, 3.05) is 24.7 Å². The number of nitrogens with one attached hydrogen (secondary N) is 5. The van der Waals surface area contributed by atoms with Gasteiger partial charge in [-0.3, -0.25) is 43.0 Å². The van der Waals surface area contributed by atoms with Crippen molar-refractivity contribution in [3.8, 4) is 16.2 Å². The Bertz CT molecular complexity index is 3710. The van der Waals surface area contributed by atoms with Gasteiger partial charge in [0.2, 0.25) is 29.5 Å². The summed E-state index contributed by atoms with van der Waals surface area (Å²) in [5.74, 6) is -4.33. The van der Waals surface area contributed by atoms with Gasteiger partial charge in [0.1, 0.15) is 36.5 Å². The molecule has 88 heavy (non-hydrogen) atoms. The van der Waals surface area contributed by atoms with E-state index >= 15 is 4.39 Å². The van der Waals surface area contributed by atoms with Gasteiger partial charge in [-0.25, -0.2) is 14.2 Å². The first-order valence-corrected chi connectivity index (χ1v) is 31.4. The first-order chi connectivity index (χ1) is 41.7. The van der Waals surface area contributed by atoms with Gasteiger partial charge in [0.05, 0.1) is 46.6 Å². The number of nitrogens with two attached hydrogens (primary N) is 1. The van der Waals surface area contributed by atoms with Crippen molar-refractivity contribution >= 4 is 82.6 Å². The number of thiazole rings is 1. The highest BCUT2D eigenvalue weighted by Crippen LogP contribution is 2.41. The number of primary amides is 1. The van der Waals surface area contributed by atoms with E-state index in [1.54, 1.807) is 44.5 Å². The number of aliphatic hydroxyl groups is 1. The maximum Gasteiger partial charge on any atom is 0.407 e. The number of rotatable bonds is 23. The second kappa shape index (κ2) is 27.0. The number of para-hydroxylation sites is 1.